The Labute approximate surface area is 122 Å². The maximum atomic E-state index is 6.27. The summed E-state index contributed by atoms with van der Waals surface area (Å²) >= 11 is 0. The van der Waals surface area contributed by atoms with Crippen LogP contribution >= 0.6 is 0 Å². The molecule has 1 aromatic rings. The van der Waals surface area contributed by atoms with E-state index in [-0.39, 0.29) is 16.7 Å². The zero-order valence-electron chi connectivity index (χ0n) is 13.6. The van der Waals surface area contributed by atoms with Gasteiger partial charge in [0.05, 0.1) is 23.0 Å². The van der Waals surface area contributed by atoms with Crippen molar-refractivity contribution in [1.29, 1.82) is 0 Å². The monoisotopic (exact) mass is 280 g/mol. The Balaban J connectivity index is 2.29. The van der Waals surface area contributed by atoms with E-state index in [9.17, 15) is 0 Å². The Morgan fingerprint density at radius 2 is 1.95 bits per heavy atom. The average Bonchev–Trinajstić information content (AvgIpc) is 2.77. The summed E-state index contributed by atoms with van der Waals surface area (Å²) in [7, 11) is 2.13. The van der Waals surface area contributed by atoms with Gasteiger partial charge in [-0.25, -0.2) is 0 Å². The first-order valence-corrected chi connectivity index (χ1v) is 7.28. The van der Waals surface area contributed by atoms with Crippen LogP contribution in [-0.2, 0) is 11.3 Å². The quantitative estimate of drug-likeness (QED) is 0.921. The summed E-state index contributed by atoms with van der Waals surface area (Å²) in [6.45, 7) is 12.0. The van der Waals surface area contributed by atoms with Gasteiger partial charge in [-0.1, -0.05) is 0 Å². The number of likely N-dealkylation sites (N-methyl/N-ethyl adjacent to an activating group) is 1. The van der Waals surface area contributed by atoms with Crippen LogP contribution in [0.15, 0.2) is 16.7 Å². The van der Waals surface area contributed by atoms with Crippen LogP contribution in [0, 0.1) is 6.92 Å². The van der Waals surface area contributed by atoms with Gasteiger partial charge < -0.3 is 14.9 Å². The molecule has 0 aliphatic carbocycles. The Hall–Kier alpha value is -0.840. The summed E-state index contributed by atoms with van der Waals surface area (Å²) in [6.07, 6.45) is 2.67. The first-order chi connectivity index (χ1) is 9.13. The molecule has 2 rings (SSSR count). The lowest BCUT2D eigenvalue weighted by molar-refractivity contribution is -0.101. The fourth-order valence-electron chi connectivity index (χ4n) is 3.79. The molecule has 1 saturated heterocycles. The minimum Gasteiger partial charge on any atom is -0.469 e. The third kappa shape index (κ3) is 2.41. The zero-order chi connectivity index (χ0) is 15.2. The topological polar surface area (TPSA) is 51.6 Å². The van der Waals surface area contributed by atoms with Crippen molar-refractivity contribution < 1.29 is 9.15 Å². The fourth-order valence-corrected chi connectivity index (χ4v) is 3.79. The smallest absolute Gasteiger partial charge is 0.105 e. The molecule has 1 atom stereocenters. The van der Waals surface area contributed by atoms with Crippen LogP contribution < -0.4 is 5.73 Å². The van der Waals surface area contributed by atoms with Gasteiger partial charge in [0.15, 0.2) is 0 Å². The number of ether oxygens (including phenoxy) is 1. The van der Waals surface area contributed by atoms with E-state index in [1.807, 2.05) is 13.0 Å². The van der Waals surface area contributed by atoms with Crippen molar-refractivity contribution in [3.63, 3.8) is 0 Å². The second-order valence-electron chi connectivity index (χ2n) is 7.14. The normalized spacial score (nSPS) is 28.2. The Morgan fingerprint density at radius 1 is 1.30 bits per heavy atom. The highest BCUT2D eigenvalue weighted by Gasteiger charge is 2.58. The van der Waals surface area contributed by atoms with Crippen LogP contribution in [0.4, 0.5) is 0 Å². The third-order valence-electron chi connectivity index (χ3n) is 4.81. The van der Waals surface area contributed by atoms with E-state index in [1.54, 1.807) is 6.26 Å². The summed E-state index contributed by atoms with van der Waals surface area (Å²) in [5.41, 5.74) is 6.80. The van der Waals surface area contributed by atoms with Crippen molar-refractivity contribution in [1.82, 2.24) is 4.90 Å². The Kier molecular flexibility index (Phi) is 3.78. The highest BCUT2D eigenvalue weighted by Crippen LogP contribution is 2.47. The molecule has 0 radical (unpaired) electrons. The van der Waals surface area contributed by atoms with E-state index in [1.165, 1.54) is 5.56 Å². The molecule has 1 unspecified atom stereocenters. The van der Waals surface area contributed by atoms with Gasteiger partial charge in [0.25, 0.3) is 0 Å². The van der Waals surface area contributed by atoms with Gasteiger partial charge in [-0.3, -0.25) is 4.90 Å². The van der Waals surface area contributed by atoms with Crippen LogP contribution in [0.3, 0.4) is 0 Å². The third-order valence-corrected chi connectivity index (χ3v) is 4.81. The first-order valence-electron chi connectivity index (χ1n) is 7.28. The lowest BCUT2D eigenvalue weighted by atomic mass is 9.77. The van der Waals surface area contributed by atoms with Crippen molar-refractivity contribution in [2.24, 2.45) is 5.73 Å². The van der Waals surface area contributed by atoms with E-state index >= 15 is 0 Å². The largest absolute Gasteiger partial charge is 0.469 e. The highest BCUT2D eigenvalue weighted by atomic mass is 16.5. The number of nitrogens with two attached hydrogens (primary N) is 1. The molecule has 2 heterocycles. The standard InChI is InChI=1S/C16H28N2O2/c1-12-13(7-8-19-12)9-18(6)16(11-17)10-14(2,3)20-15(16,4)5/h7-8H,9-11,17H2,1-6H3. The molecule has 0 spiro atoms. The highest BCUT2D eigenvalue weighted by molar-refractivity contribution is 5.18. The predicted octanol–water partition coefficient (Wildman–Crippen LogP) is 2.69. The molecule has 1 aromatic heterocycles. The molecule has 0 aromatic carbocycles. The number of rotatable bonds is 4. The van der Waals surface area contributed by atoms with E-state index in [0.717, 1.165) is 18.7 Å². The molecule has 114 valence electrons. The van der Waals surface area contributed by atoms with Gasteiger partial charge in [-0.15, -0.1) is 0 Å². The number of nitrogens with zero attached hydrogens (tertiary/aromatic N) is 1. The minimum atomic E-state index is -0.280. The molecular weight excluding hydrogens is 252 g/mol. The van der Waals surface area contributed by atoms with Crippen molar-refractivity contribution in [2.45, 2.75) is 64.3 Å². The van der Waals surface area contributed by atoms with Crippen molar-refractivity contribution in [3.05, 3.63) is 23.7 Å². The second-order valence-corrected chi connectivity index (χ2v) is 7.14. The van der Waals surface area contributed by atoms with Gasteiger partial charge in [0, 0.05) is 18.7 Å². The molecule has 1 fully saturated rings. The number of aryl methyl sites for hydroxylation is 1. The van der Waals surface area contributed by atoms with Gasteiger partial charge in [0.1, 0.15) is 5.76 Å². The van der Waals surface area contributed by atoms with Crippen molar-refractivity contribution >= 4 is 0 Å². The Morgan fingerprint density at radius 3 is 2.35 bits per heavy atom. The van der Waals surface area contributed by atoms with E-state index in [2.05, 4.69) is 39.6 Å². The molecule has 0 amide bonds. The lowest BCUT2D eigenvalue weighted by Gasteiger charge is -2.46. The van der Waals surface area contributed by atoms with Crippen LogP contribution in [0.2, 0.25) is 0 Å². The van der Waals surface area contributed by atoms with Crippen LogP contribution in [0.25, 0.3) is 0 Å². The van der Waals surface area contributed by atoms with E-state index < -0.39 is 0 Å². The van der Waals surface area contributed by atoms with Crippen molar-refractivity contribution in [2.75, 3.05) is 13.6 Å². The van der Waals surface area contributed by atoms with E-state index in [0.29, 0.717) is 6.54 Å². The van der Waals surface area contributed by atoms with Crippen LogP contribution in [0.1, 0.15) is 45.4 Å². The SMILES string of the molecule is Cc1occc1CN(C)C1(CN)CC(C)(C)OC1(C)C. The zero-order valence-corrected chi connectivity index (χ0v) is 13.6. The second kappa shape index (κ2) is 4.86. The minimum absolute atomic E-state index is 0.150. The molecule has 1 aliphatic heterocycles. The van der Waals surface area contributed by atoms with Crippen LogP contribution in [0.5, 0.6) is 0 Å². The Bertz CT molecular complexity index is 479. The molecule has 1 aliphatic rings. The molecule has 0 saturated carbocycles. The maximum absolute atomic E-state index is 6.27. The van der Waals surface area contributed by atoms with Gasteiger partial charge in [-0.05, 0) is 54.2 Å². The molecule has 2 N–H and O–H groups in total. The predicted molar refractivity (Wildman–Crippen MR) is 80.6 cm³/mol. The van der Waals surface area contributed by atoms with Crippen molar-refractivity contribution in [3.8, 4) is 0 Å². The molecule has 0 bridgehead atoms. The van der Waals surface area contributed by atoms with Gasteiger partial charge in [-0.2, -0.15) is 0 Å². The molecule has 20 heavy (non-hydrogen) atoms. The summed E-state index contributed by atoms with van der Waals surface area (Å²) in [5, 5.41) is 0. The number of furan rings is 1. The lowest BCUT2D eigenvalue weighted by Crippen LogP contribution is -2.61. The number of hydrogen-bond donors (Lipinski definition) is 1. The summed E-state index contributed by atoms with van der Waals surface area (Å²) in [5.74, 6) is 0.972. The number of hydrogen-bond acceptors (Lipinski definition) is 4. The summed E-state index contributed by atoms with van der Waals surface area (Å²) in [6, 6.07) is 2.03. The van der Waals surface area contributed by atoms with Gasteiger partial charge in [0.2, 0.25) is 0 Å². The first kappa shape index (κ1) is 15.5. The maximum Gasteiger partial charge on any atom is 0.105 e. The van der Waals surface area contributed by atoms with Gasteiger partial charge >= 0.3 is 0 Å². The van der Waals surface area contributed by atoms with E-state index in [4.69, 9.17) is 14.9 Å². The fraction of sp³-hybridized carbons (Fsp3) is 0.750. The molecule has 4 heteroatoms. The average molecular weight is 280 g/mol. The summed E-state index contributed by atoms with van der Waals surface area (Å²) in [4.78, 5) is 2.33. The van der Waals surface area contributed by atoms with Crippen LogP contribution in [-0.4, -0.2) is 35.2 Å². The summed E-state index contributed by atoms with van der Waals surface area (Å²) < 4.78 is 11.7. The molecule has 4 nitrogen and oxygen atoms in total. The molecular formula is C16H28N2O2.